The lowest BCUT2D eigenvalue weighted by molar-refractivity contribution is -0.121. The third-order valence-corrected chi connectivity index (χ3v) is 3.10. The van der Waals surface area contributed by atoms with Crippen LogP contribution in [0, 0.1) is 5.82 Å². The van der Waals surface area contributed by atoms with Crippen molar-refractivity contribution in [2.45, 2.75) is 12.8 Å². The number of carbonyl (C=O) groups excluding carboxylic acids is 3. The number of ketones is 1. The standard InChI is InChI=1S/C17H15FN2O3/c18-14-8-6-12(7-9-14)15(21)10-11-16(22)19-20-17(23)13-4-2-1-3-5-13/h1-9H,10-11H2,(H,19,22)(H,20,23). The lowest BCUT2D eigenvalue weighted by Crippen LogP contribution is -2.41. The molecule has 2 amide bonds. The molecule has 0 aliphatic heterocycles. The van der Waals surface area contributed by atoms with Crippen LogP contribution < -0.4 is 10.9 Å². The van der Waals surface area contributed by atoms with Gasteiger partial charge in [0.25, 0.3) is 5.91 Å². The number of hydrogen-bond acceptors (Lipinski definition) is 3. The van der Waals surface area contributed by atoms with Crippen LogP contribution in [0.4, 0.5) is 4.39 Å². The molecule has 0 unspecified atom stereocenters. The molecule has 0 aliphatic rings. The summed E-state index contributed by atoms with van der Waals surface area (Å²) in [5.41, 5.74) is 5.27. The van der Waals surface area contributed by atoms with Crippen molar-refractivity contribution in [3.8, 4) is 0 Å². The molecular weight excluding hydrogens is 299 g/mol. The normalized spacial score (nSPS) is 9.96. The second-order valence-corrected chi connectivity index (χ2v) is 4.80. The molecule has 23 heavy (non-hydrogen) atoms. The topological polar surface area (TPSA) is 75.3 Å². The number of nitrogens with one attached hydrogen (secondary N) is 2. The van der Waals surface area contributed by atoms with Crippen LogP contribution in [0.15, 0.2) is 54.6 Å². The quantitative estimate of drug-likeness (QED) is 0.656. The maximum Gasteiger partial charge on any atom is 0.269 e. The number of hydrogen-bond donors (Lipinski definition) is 2. The lowest BCUT2D eigenvalue weighted by Gasteiger charge is -2.07. The summed E-state index contributed by atoms with van der Waals surface area (Å²) in [4.78, 5) is 35.2. The van der Waals surface area contributed by atoms with Gasteiger partial charge >= 0.3 is 0 Å². The molecule has 2 rings (SSSR count). The van der Waals surface area contributed by atoms with Gasteiger partial charge in [0.05, 0.1) is 0 Å². The maximum atomic E-state index is 12.8. The monoisotopic (exact) mass is 314 g/mol. The van der Waals surface area contributed by atoms with Gasteiger partial charge in [0.2, 0.25) is 5.91 Å². The first-order chi connectivity index (χ1) is 11.1. The van der Waals surface area contributed by atoms with Crippen LogP contribution in [0.1, 0.15) is 33.6 Å². The van der Waals surface area contributed by atoms with Gasteiger partial charge < -0.3 is 0 Å². The van der Waals surface area contributed by atoms with Crippen molar-refractivity contribution in [3.63, 3.8) is 0 Å². The SMILES string of the molecule is O=C(CCC(=O)c1ccc(F)cc1)NNC(=O)c1ccccc1. The first-order valence-electron chi connectivity index (χ1n) is 6.99. The third-order valence-electron chi connectivity index (χ3n) is 3.10. The molecule has 0 aliphatic carbocycles. The Bertz CT molecular complexity index is 700. The van der Waals surface area contributed by atoms with Crippen LogP contribution in [0.25, 0.3) is 0 Å². The number of carbonyl (C=O) groups is 3. The van der Waals surface area contributed by atoms with Crippen LogP contribution in [-0.2, 0) is 4.79 Å². The van der Waals surface area contributed by atoms with Crippen LogP contribution in [0.5, 0.6) is 0 Å². The van der Waals surface area contributed by atoms with Gasteiger partial charge in [-0.3, -0.25) is 25.2 Å². The van der Waals surface area contributed by atoms with E-state index >= 15 is 0 Å². The van der Waals surface area contributed by atoms with E-state index in [0.717, 1.165) is 0 Å². The average molecular weight is 314 g/mol. The van der Waals surface area contributed by atoms with Gasteiger partial charge in [-0.25, -0.2) is 4.39 Å². The highest BCUT2D eigenvalue weighted by atomic mass is 19.1. The summed E-state index contributed by atoms with van der Waals surface area (Å²) in [7, 11) is 0. The summed E-state index contributed by atoms with van der Waals surface area (Å²) >= 11 is 0. The fraction of sp³-hybridized carbons (Fsp3) is 0.118. The van der Waals surface area contributed by atoms with Crippen molar-refractivity contribution in [2.75, 3.05) is 0 Å². The summed E-state index contributed by atoms with van der Waals surface area (Å²) in [6.45, 7) is 0. The minimum Gasteiger partial charge on any atom is -0.294 e. The van der Waals surface area contributed by atoms with Crippen LogP contribution in [0.3, 0.4) is 0 Å². The molecule has 0 bridgehead atoms. The van der Waals surface area contributed by atoms with Crippen LogP contribution in [0.2, 0.25) is 0 Å². The molecule has 6 heteroatoms. The molecule has 0 fully saturated rings. The molecule has 0 spiro atoms. The zero-order valence-corrected chi connectivity index (χ0v) is 12.2. The Labute approximate surface area is 132 Å². The number of hydrazine groups is 1. The van der Waals surface area contributed by atoms with E-state index in [4.69, 9.17) is 0 Å². The van der Waals surface area contributed by atoms with Crippen molar-refractivity contribution in [3.05, 3.63) is 71.5 Å². The summed E-state index contributed by atoms with van der Waals surface area (Å²) < 4.78 is 12.8. The van der Waals surface area contributed by atoms with Crippen molar-refractivity contribution >= 4 is 17.6 Å². The van der Waals surface area contributed by atoms with Crippen molar-refractivity contribution < 1.29 is 18.8 Å². The fourth-order valence-corrected chi connectivity index (χ4v) is 1.86. The Hall–Kier alpha value is -3.02. The Balaban J connectivity index is 1.76. The number of amides is 2. The highest BCUT2D eigenvalue weighted by Crippen LogP contribution is 2.07. The third kappa shape index (κ3) is 5.03. The minimum atomic E-state index is -0.482. The number of Topliss-reactive ketones (excluding diaryl/α,β-unsaturated/α-hetero) is 1. The molecule has 0 saturated heterocycles. The van der Waals surface area contributed by atoms with Gasteiger partial charge in [0.15, 0.2) is 5.78 Å². The molecule has 0 saturated carbocycles. The van der Waals surface area contributed by atoms with Gasteiger partial charge in [-0.05, 0) is 36.4 Å². The molecule has 0 radical (unpaired) electrons. The van der Waals surface area contributed by atoms with Crippen molar-refractivity contribution in [2.24, 2.45) is 0 Å². The highest BCUT2D eigenvalue weighted by molar-refractivity contribution is 5.98. The van der Waals surface area contributed by atoms with E-state index in [9.17, 15) is 18.8 Å². The largest absolute Gasteiger partial charge is 0.294 e. The molecule has 5 nitrogen and oxygen atoms in total. The molecule has 0 atom stereocenters. The fourth-order valence-electron chi connectivity index (χ4n) is 1.86. The van der Waals surface area contributed by atoms with Crippen LogP contribution in [-0.4, -0.2) is 17.6 Å². The summed E-state index contributed by atoms with van der Waals surface area (Å²) in [5.74, 6) is -1.62. The molecule has 0 aromatic heterocycles. The van der Waals surface area contributed by atoms with Gasteiger partial charge in [-0.1, -0.05) is 18.2 Å². The zero-order valence-electron chi connectivity index (χ0n) is 12.2. The molecular formula is C17H15FN2O3. The van der Waals surface area contributed by atoms with E-state index in [-0.39, 0.29) is 18.6 Å². The second kappa shape index (κ2) is 7.84. The van der Waals surface area contributed by atoms with Crippen LogP contribution >= 0.6 is 0 Å². The van der Waals surface area contributed by atoms with E-state index in [0.29, 0.717) is 11.1 Å². The number of rotatable bonds is 5. The molecule has 2 N–H and O–H groups in total. The summed E-state index contributed by atoms with van der Waals surface area (Å²) in [5, 5.41) is 0. The predicted molar refractivity (Wildman–Crippen MR) is 82.0 cm³/mol. The number of benzene rings is 2. The van der Waals surface area contributed by atoms with Crippen molar-refractivity contribution in [1.82, 2.24) is 10.9 Å². The minimum absolute atomic E-state index is 0.0291. The molecule has 0 heterocycles. The van der Waals surface area contributed by atoms with Gasteiger partial charge in [-0.15, -0.1) is 0 Å². The predicted octanol–water partition coefficient (Wildman–Crippen LogP) is 2.25. The molecule has 2 aromatic carbocycles. The first kappa shape index (κ1) is 16.4. The Morgan fingerprint density at radius 1 is 0.783 bits per heavy atom. The first-order valence-corrected chi connectivity index (χ1v) is 6.99. The Kier molecular flexibility index (Phi) is 5.57. The highest BCUT2D eigenvalue weighted by Gasteiger charge is 2.10. The van der Waals surface area contributed by atoms with E-state index in [1.165, 1.54) is 24.3 Å². The summed E-state index contributed by atoms with van der Waals surface area (Å²) in [6, 6.07) is 13.5. The van der Waals surface area contributed by atoms with E-state index < -0.39 is 17.6 Å². The van der Waals surface area contributed by atoms with Gasteiger partial charge in [0, 0.05) is 24.0 Å². The number of halogens is 1. The van der Waals surface area contributed by atoms with E-state index in [2.05, 4.69) is 10.9 Å². The van der Waals surface area contributed by atoms with E-state index in [1.807, 2.05) is 0 Å². The molecule has 118 valence electrons. The smallest absolute Gasteiger partial charge is 0.269 e. The zero-order chi connectivity index (χ0) is 16.7. The van der Waals surface area contributed by atoms with Crippen molar-refractivity contribution in [1.29, 1.82) is 0 Å². The molecule has 2 aromatic rings. The van der Waals surface area contributed by atoms with Gasteiger partial charge in [0.1, 0.15) is 5.82 Å². The average Bonchev–Trinajstić information content (AvgIpc) is 2.59. The Morgan fingerprint density at radius 2 is 1.43 bits per heavy atom. The lowest BCUT2D eigenvalue weighted by atomic mass is 10.1. The second-order valence-electron chi connectivity index (χ2n) is 4.80. The summed E-state index contributed by atoms with van der Waals surface area (Å²) in [6.07, 6.45) is -0.107. The van der Waals surface area contributed by atoms with E-state index in [1.54, 1.807) is 30.3 Å². The Morgan fingerprint density at radius 3 is 2.09 bits per heavy atom. The van der Waals surface area contributed by atoms with Gasteiger partial charge in [-0.2, -0.15) is 0 Å². The maximum absolute atomic E-state index is 12.8.